The highest BCUT2D eigenvalue weighted by Gasteiger charge is 2.30. The van der Waals surface area contributed by atoms with E-state index in [0.29, 0.717) is 28.3 Å². The summed E-state index contributed by atoms with van der Waals surface area (Å²) < 4.78 is 1.65. The van der Waals surface area contributed by atoms with Gasteiger partial charge < -0.3 is 10.6 Å². The van der Waals surface area contributed by atoms with Crippen LogP contribution in [0.4, 0.5) is 17.2 Å². The van der Waals surface area contributed by atoms with Gasteiger partial charge in [-0.3, -0.25) is 19.1 Å². The van der Waals surface area contributed by atoms with E-state index in [4.69, 9.17) is 4.84 Å². The third-order valence-corrected chi connectivity index (χ3v) is 5.00. The number of nitrogens with one attached hydrogen (secondary N) is 3. The van der Waals surface area contributed by atoms with Gasteiger partial charge in [0, 0.05) is 42.6 Å². The summed E-state index contributed by atoms with van der Waals surface area (Å²) in [6.07, 6.45) is 6.55. The Hall–Kier alpha value is -4.23. The van der Waals surface area contributed by atoms with Crippen LogP contribution in [-0.4, -0.2) is 33.7 Å². The number of carbonyl (C=O) groups excluding carboxylic acids is 2. The van der Waals surface area contributed by atoms with Crippen LogP contribution in [0, 0.1) is 17.2 Å². The molecule has 0 radical (unpaired) electrons. The molecule has 1 aliphatic carbocycles. The van der Waals surface area contributed by atoms with Gasteiger partial charge in [-0.1, -0.05) is 12.1 Å². The Balaban J connectivity index is 1.72. The third-order valence-electron chi connectivity index (χ3n) is 5.00. The second kappa shape index (κ2) is 8.87. The number of rotatable bonds is 7. The first-order valence-corrected chi connectivity index (χ1v) is 9.93. The van der Waals surface area contributed by atoms with Gasteiger partial charge in [-0.05, 0) is 18.9 Å². The van der Waals surface area contributed by atoms with E-state index in [1.165, 1.54) is 13.3 Å². The molecule has 10 heteroatoms. The predicted octanol–water partition coefficient (Wildman–Crippen LogP) is 2.74. The molecule has 0 atom stereocenters. The first kappa shape index (κ1) is 21.0. The van der Waals surface area contributed by atoms with Gasteiger partial charge in [-0.15, -0.1) is 0 Å². The average Bonchev–Trinajstić information content (AvgIpc) is 3.55. The van der Waals surface area contributed by atoms with Crippen molar-refractivity contribution in [2.24, 2.45) is 13.0 Å². The van der Waals surface area contributed by atoms with Gasteiger partial charge in [0.05, 0.1) is 35.8 Å². The standard InChI is InChI=1S/C22H21N7O3/c1-29-12-14(10-25-29)15-4-3-5-18(16(15)9-23)26-19-8-20(27-21(30)13-6-7-13)24-11-17(19)22(31)28-32-2/h3-5,8,10-13H,6-7H2,1-2H3,(H,28,31)(H2,24,26,27,30). The van der Waals surface area contributed by atoms with Crippen LogP contribution in [0.3, 0.4) is 0 Å². The van der Waals surface area contributed by atoms with E-state index in [1.807, 2.05) is 12.3 Å². The zero-order valence-corrected chi connectivity index (χ0v) is 17.5. The Kier molecular flexibility index (Phi) is 5.83. The van der Waals surface area contributed by atoms with Crippen molar-refractivity contribution in [1.82, 2.24) is 20.2 Å². The lowest BCUT2D eigenvalue weighted by atomic mass is 10.0. The molecule has 1 saturated carbocycles. The SMILES string of the molecule is CONC(=O)c1cnc(NC(=O)C2CC2)cc1Nc1cccc(-c2cnn(C)c2)c1C#N. The van der Waals surface area contributed by atoms with Crippen molar-refractivity contribution in [2.75, 3.05) is 17.7 Å². The maximum absolute atomic E-state index is 12.5. The fraction of sp³-hybridized carbons (Fsp3) is 0.227. The monoisotopic (exact) mass is 431 g/mol. The summed E-state index contributed by atoms with van der Waals surface area (Å²) >= 11 is 0. The molecule has 2 amide bonds. The topological polar surface area (TPSA) is 134 Å². The predicted molar refractivity (Wildman–Crippen MR) is 117 cm³/mol. The van der Waals surface area contributed by atoms with Crippen LogP contribution >= 0.6 is 0 Å². The van der Waals surface area contributed by atoms with Crippen molar-refractivity contribution >= 4 is 29.0 Å². The number of hydrogen-bond acceptors (Lipinski definition) is 7. The van der Waals surface area contributed by atoms with Crippen LogP contribution in [0.25, 0.3) is 11.1 Å². The molecular weight excluding hydrogens is 410 g/mol. The lowest BCUT2D eigenvalue weighted by Gasteiger charge is -2.15. The lowest BCUT2D eigenvalue weighted by Crippen LogP contribution is -2.23. The van der Waals surface area contributed by atoms with Crippen molar-refractivity contribution in [3.63, 3.8) is 0 Å². The summed E-state index contributed by atoms with van der Waals surface area (Å²) in [6.45, 7) is 0. The first-order chi connectivity index (χ1) is 15.5. The van der Waals surface area contributed by atoms with Crippen molar-refractivity contribution in [2.45, 2.75) is 12.8 Å². The number of aromatic nitrogens is 3. The molecule has 2 heterocycles. The van der Waals surface area contributed by atoms with Gasteiger partial charge in [0.1, 0.15) is 11.9 Å². The second-order valence-corrected chi connectivity index (χ2v) is 7.38. The number of anilines is 3. The van der Waals surface area contributed by atoms with Crippen molar-refractivity contribution in [1.29, 1.82) is 5.26 Å². The Morgan fingerprint density at radius 2 is 2.06 bits per heavy atom. The van der Waals surface area contributed by atoms with Crippen molar-refractivity contribution < 1.29 is 14.4 Å². The molecule has 0 unspecified atom stereocenters. The van der Waals surface area contributed by atoms with Crippen LogP contribution in [-0.2, 0) is 16.7 Å². The van der Waals surface area contributed by atoms with Crippen LogP contribution < -0.4 is 16.1 Å². The highest BCUT2D eigenvalue weighted by Crippen LogP contribution is 2.33. The lowest BCUT2D eigenvalue weighted by molar-refractivity contribution is -0.117. The molecule has 0 saturated heterocycles. The molecule has 1 fully saturated rings. The normalized spacial score (nSPS) is 12.7. The van der Waals surface area contributed by atoms with Crippen LogP contribution in [0.2, 0.25) is 0 Å². The average molecular weight is 431 g/mol. The maximum atomic E-state index is 12.5. The van der Waals surface area contributed by atoms with E-state index in [0.717, 1.165) is 18.4 Å². The van der Waals surface area contributed by atoms with Crippen LogP contribution in [0.5, 0.6) is 0 Å². The highest BCUT2D eigenvalue weighted by atomic mass is 16.6. The van der Waals surface area contributed by atoms with Gasteiger partial charge in [0.15, 0.2) is 0 Å². The maximum Gasteiger partial charge on any atom is 0.278 e. The number of amides is 2. The van der Waals surface area contributed by atoms with Crippen molar-refractivity contribution in [3.8, 4) is 17.2 Å². The smallest absolute Gasteiger partial charge is 0.278 e. The Bertz CT molecular complexity index is 1220. The quantitative estimate of drug-likeness (QED) is 0.490. The minimum absolute atomic E-state index is 0.00558. The zero-order chi connectivity index (χ0) is 22.7. The van der Waals surface area contributed by atoms with Gasteiger partial charge in [0.25, 0.3) is 5.91 Å². The number of nitrogens with zero attached hydrogens (tertiary/aromatic N) is 4. The summed E-state index contributed by atoms with van der Waals surface area (Å²) in [5.74, 6) is -0.315. The molecule has 3 aromatic rings. The molecule has 0 aliphatic heterocycles. The molecule has 1 aliphatic rings. The minimum atomic E-state index is -0.524. The summed E-state index contributed by atoms with van der Waals surface area (Å²) in [4.78, 5) is 33.5. The molecule has 10 nitrogen and oxygen atoms in total. The largest absolute Gasteiger partial charge is 0.354 e. The number of nitriles is 1. The Morgan fingerprint density at radius 1 is 1.25 bits per heavy atom. The van der Waals surface area contributed by atoms with Crippen LogP contribution in [0.1, 0.15) is 28.8 Å². The zero-order valence-electron chi connectivity index (χ0n) is 17.5. The fourth-order valence-corrected chi connectivity index (χ4v) is 3.25. The van der Waals surface area contributed by atoms with Gasteiger partial charge in [-0.25, -0.2) is 10.5 Å². The number of pyridine rings is 1. The Labute approximate surface area is 184 Å². The number of carbonyl (C=O) groups is 2. The van der Waals surface area contributed by atoms with Crippen LogP contribution in [0.15, 0.2) is 42.9 Å². The van der Waals surface area contributed by atoms with Gasteiger partial charge in [-0.2, -0.15) is 10.4 Å². The fourth-order valence-electron chi connectivity index (χ4n) is 3.25. The molecule has 2 aromatic heterocycles. The van der Waals surface area contributed by atoms with E-state index in [2.05, 4.69) is 32.3 Å². The van der Waals surface area contributed by atoms with E-state index in [9.17, 15) is 14.9 Å². The molecule has 0 spiro atoms. The molecule has 4 rings (SSSR count). The van der Waals surface area contributed by atoms with E-state index in [1.54, 1.807) is 36.1 Å². The van der Waals surface area contributed by atoms with E-state index < -0.39 is 5.91 Å². The number of hydroxylamine groups is 1. The summed E-state index contributed by atoms with van der Waals surface area (Å²) in [5, 5.41) is 20.0. The summed E-state index contributed by atoms with van der Waals surface area (Å²) in [6, 6.07) is 9.15. The van der Waals surface area contributed by atoms with Crippen molar-refractivity contribution in [3.05, 3.63) is 54.0 Å². The first-order valence-electron chi connectivity index (χ1n) is 9.93. The third kappa shape index (κ3) is 4.43. The molecule has 3 N–H and O–H groups in total. The molecular formula is C22H21N7O3. The van der Waals surface area contributed by atoms with E-state index >= 15 is 0 Å². The molecule has 1 aromatic carbocycles. The molecule has 0 bridgehead atoms. The highest BCUT2D eigenvalue weighted by molar-refractivity contribution is 6.01. The summed E-state index contributed by atoms with van der Waals surface area (Å²) in [7, 11) is 3.13. The number of benzene rings is 1. The second-order valence-electron chi connectivity index (χ2n) is 7.38. The minimum Gasteiger partial charge on any atom is -0.354 e. The Morgan fingerprint density at radius 3 is 2.72 bits per heavy atom. The molecule has 162 valence electrons. The number of aryl methyl sites for hydroxylation is 1. The number of hydrogen-bond donors (Lipinski definition) is 3. The van der Waals surface area contributed by atoms with Gasteiger partial charge in [0.2, 0.25) is 5.91 Å². The van der Waals surface area contributed by atoms with Gasteiger partial charge >= 0.3 is 0 Å². The van der Waals surface area contributed by atoms with E-state index in [-0.39, 0.29) is 17.4 Å². The molecule has 32 heavy (non-hydrogen) atoms. The summed E-state index contributed by atoms with van der Waals surface area (Å²) in [5.41, 5.74) is 5.18.